The minimum atomic E-state index is 0.201. The number of hydrogen-bond donors (Lipinski definition) is 0. The fraction of sp³-hybridized carbons (Fsp3) is 0.364. The van der Waals surface area contributed by atoms with Gasteiger partial charge in [0, 0.05) is 18.0 Å². The maximum absolute atomic E-state index is 5.43. The van der Waals surface area contributed by atoms with Gasteiger partial charge in [-0.05, 0) is 54.8 Å². The number of hydrogen-bond acceptors (Lipinski definition) is 8. The molecule has 0 bridgehead atoms. The zero-order valence-corrected chi connectivity index (χ0v) is 18.4. The lowest BCUT2D eigenvalue weighted by atomic mass is 10.1. The standard InChI is InChI=1S/C22H24N6O2S/c1-3-9-27-10-8-17-18(12-27)31-22-20(17)21-25-19(26-28(21)14-23-22)13-30-24-11-15-4-6-16(29-2)7-5-15/h4-7,11,14H,3,8-10,12-13H2,1-2H3/b24-11+. The Kier molecular flexibility index (Phi) is 5.52. The van der Waals surface area contributed by atoms with Gasteiger partial charge in [-0.25, -0.2) is 14.5 Å². The van der Waals surface area contributed by atoms with Gasteiger partial charge >= 0.3 is 0 Å². The van der Waals surface area contributed by atoms with E-state index in [0.29, 0.717) is 5.82 Å². The number of thiophene rings is 1. The number of aromatic nitrogens is 4. The Balaban J connectivity index is 1.34. The summed E-state index contributed by atoms with van der Waals surface area (Å²) in [5, 5.41) is 9.70. The van der Waals surface area contributed by atoms with Crippen LogP contribution < -0.4 is 4.74 Å². The van der Waals surface area contributed by atoms with Crippen molar-refractivity contribution in [1.29, 1.82) is 0 Å². The number of rotatable bonds is 7. The predicted octanol–water partition coefficient (Wildman–Crippen LogP) is 3.67. The van der Waals surface area contributed by atoms with Crippen LogP contribution in [0.25, 0.3) is 15.9 Å². The Morgan fingerprint density at radius 1 is 1.26 bits per heavy atom. The first kappa shape index (κ1) is 19.9. The summed E-state index contributed by atoms with van der Waals surface area (Å²) in [6.07, 6.45) is 5.60. The number of benzene rings is 1. The van der Waals surface area contributed by atoms with Crippen molar-refractivity contribution in [3.05, 3.63) is 52.4 Å². The van der Waals surface area contributed by atoms with Crippen LogP contribution in [0.1, 0.15) is 35.2 Å². The summed E-state index contributed by atoms with van der Waals surface area (Å²) >= 11 is 1.78. The van der Waals surface area contributed by atoms with E-state index in [-0.39, 0.29) is 6.61 Å². The van der Waals surface area contributed by atoms with Gasteiger partial charge in [-0.2, -0.15) is 0 Å². The summed E-state index contributed by atoms with van der Waals surface area (Å²) in [5.74, 6) is 1.39. The van der Waals surface area contributed by atoms with E-state index >= 15 is 0 Å². The molecule has 9 heteroatoms. The van der Waals surface area contributed by atoms with Gasteiger partial charge < -0.3 is 9.57 Å². The highest BCUT2D eigenvalue weighted by atomic mass is 32.1. The Hall–Kier alpha value is -3.04. The van der Waals surface area contributed by atoms with Gasteiger partial charge in [0.05, 0.1) is 18.7 Å². The molecule has 31 heavy (non-hydrogen) atoms. The lowest BCUT2D eigenvalue weighted by Gasteiger charge is -2.26. The summed E-state index contributed by atoms with van der Waals surface area (Å²) in [6, 6.07) is 7.59. The van der Waals surface area contributed by atoms with E-state index in [2.05, 4.69) is 27.1 Å². The third-order valence-electron chi connectivity index (χ3n) is 5.43. The predicted molar refractivity (Wildman–Crippen MR) is 121 cm³/mol. The van der Waals surface area contributed by atoms with Crippen LogP contribution in [0.15, 0.2) is 35.7 Å². The second-order valence-electron chi connectivity index (χ2n) is 7.53. The van der Waals surface area contributed by atoms with E-state index in [0.717, 1.165) is 53.2 Å². The van der Waals surface area contributed by atoms with E-state index in [9.17, 15) is 0 Å². The summed E-state index contributed by atoms with van der Waals surface area (Å²) < 4.78 is 6.91. The molecular formula is C22H24N6O2S. The molecule has 4 aromatic rings. The van der Waals surface area contributed by atoms with Gasteiger partial charge in [-0.1, -0.05) is 12.1 Å². The number of methoxy groups -OCH3 is 1. The van der Waals surface area contributed by atoms with Crippen LogP contribution in [0.2, 0.25) is 0 Å². The Morgan fingerprint density at radius 3 is 2.94 bits per heavy atom. The summed E-state index contributed by atoms with van der Waals surface area (Å²) in [6.45, 7) is 5.65. The fourth-order valence-corrected chi connectivity index (χ4v) is 5.16. The maximum Gasteiger partial charge on any atom is 0.192 e. The Labute approximate surface area is 184 Å². The summed E-state index contributed by atoms with van der Waals surface area (Å²) in [4.78, 5) is 19.7. The van der Waals surface area contributed by atoms with E-state index in [1.807, 2.05) is 24.3 Å². The molecule has 0 amide bonds. The average molecular weight is 437 g/mol. The van der Waals surface area contributed by atoms with Crippen molar-refractivity contribution in [2.75, 3.05) is 20.2 Å². The highest BCUT2D eigenvalue weighted by molar-refractivity contribution is 7.19. The van der Waals surface area contributed by atoms with Gasteiger partial charge in [0.15, 0.2) is 18.1 Å². The molecule has 0 unspecified atom stereocenters. The molecule has 1 aromatic carbocycles. The van der Waals surface area contributed by atoms with E-state index in [1.54, 1.807) is 35.5 Å². The monoisotopic (exact) mass is 436 g/mol. The van der Waals surface area contributed by atoms with Crippen molar-refractivity contribution >= 4 is 33.4 Å². The van der Waals surface area contributed by atoms with Gasteiger partial charge in [-0.3, -0.25) is 4.90 Å². The Bertz CT molecular complexity index is 1230. The minimum Gasteiger partial charge on any atom is -0.497 e. The number of oxime groups is 1. The SMILES string of the molecule is CCCN1CCc2c(sc3ncn4nc(CO/N=C/c5ccc(OC)cc5)nc4c23)C1. The summed E-state index contributed by atoms with van der Waals surface area (Å²) in [5.41, 5.74) is 3.16. The van der Waals surface area contributed by atoms with Crippen LogP contribution >= 0.6 is 11.3 Å². The zero-order valence-electron chi connectivity index (χ0n) is 17.6. The molecule has 0 saturated carbocycles. The topological polar surface area (TPSA) is 77.1 Å². The molecule has 160 valence electrons. The van der Waals surface area contributed by atoms with Gasteiger partial charge in [0.2, 0.25) is 0 Å². The first-order valence-electron chi connectivity index (χ1n) is 10.4. The molecular weight excluding hydrogens is 412 g/mol. The van der Waals surface area contributed by atoms with E-state index in [4.69, 9.17) is 14.6 Å². The second kappa shape index (κ2) is 8.60. The zero-order chi connectivity index (χ0) is 21.2. The number of nitrogens with zero attached hydrogens (tertiary/aromatic N) is 6. The summed E-state index contributed by atoms with van der Waals surface area (Å²) in [7, 11) is 1.64. The maximum atomic E-state index is 5.43. The normalized spacial score (nSPS) is 14.5. The molecule has 0 aliphatic carbocycles. The first-order chi connectivity index (χ1) is 15.2. The van der Waals surface area contributed by atoms with Crippen molar-refractivity contribution in [1.82, 2.24) is 24.5 Å². The molecule has 1 aliphatic heterocycles. The highest BCUT2D eigenvalue weighted by Gasteiger charge is 2.23. The Morgan fingerprint density at radius 2 is 2.13 bits per heavy atom. The molecule has 1 aliphatic rings. The van der Waals surface area contributed by atoms with Crippen molar-refractivity contribution in [3.63, 3.8) is 0 Å². The van der Waals surface area contributed by atoms with Crippen LogP contribution in [-0.2, 0) is 24.4 Å². The number of ether oxygens (including phenoxy) is 1. The fourth-order valence-electron chi connectivity index (χ4n) is 3.94. The van der Waals surface area contributed by atoms with Crippen LogP contribution in [0.4, 0.5) is 0 Å². The van der Waals surface area contributed by atoms with Crippen molar-refractivity contribution < 1.29 is 9.57 Å². The third kappa shape index (κ3) is 3.98. The molecule has 0 N–H and O–H groups in total. The van der Waals surface area contributed by atoms with Crippen LogP contribution in [0, 0.1) is 0 Å². The molecule has 0 fully saturated rings. The quantitative estimate of drug-likeness (QED) is 0.325. The van der Waals surface area contributed by atoms with Crippen LogP contribution in [-0.4, -0.2) is 50.9 Å². The van der Waals surface area contributed by atoms with E-state index < -0.39 is 0 Å². The molecule has 5 rings (SSSR count). The first-order valence-corrected chi connectivity index (χ1v) is 11.2. The molecule has 8 nitrogen and oxygen atoms in total. The molecule has 0 spiro atoms. The van der Waals surface area contributed by atoms with Gasteiger partial charge in [-0.15, -0.1) is 16.4 Å². The third-order valence-corrected chi connectivity index (χ3v) is 6.55. The lowest BCUT2D eigenvalue weighted by Crippen LogP contribution is -2.30. The van der Waals surface area contributed by atoms with Crippen LogP contribution in [0.5, 0.6) is 5.75 Å². The lowest BCUT2D eigenvalue weighted by molar-refractivity contribution is 0.126. The molecule has 0 radical (unpaired) electrons. The van der Waals surface area contributed by atoms with Crippen molar-refractivity contribution in [2.45, 2.75) is 32.9 Å². The van der Waals surface area contributed by atoms with Crippen molar-refractivity contribution in [3.8, 4) is 5.75 Å². The molecule has 0 saturated heterocycles. The van der Waals surface area contributed by atoms with Crippen LogP contribution in [0.3, 0.4) is 0 Å². The van der Waals surface area contributed by atoms with Gasteiger partial charge in [0.25, 0.3) is 0 Å². The van der Waals surface area contributed by atoms with Crippen molar-refractivity contribution in [2.24, 2.45) is 5.16 Å². The number of fused-ring (bicyclic) bond motifs is 5. The smallest absolute Gasteiger partial charge is 0.192 e. The highest BCUT2D eigenvalue weighted by Crippen LogP contribution is 2.35. The molecule has 3 aromatic heterocycles. The largest absolute Gasteiger partial charge is 0.497 e. The minimum absolute atomic E-state index is 0.201. The second-order valence-corrected chi connectivity index (χ2v) is 8.62. The van der Waals surface area contributed by atoms with Gasteiger partial charge in [0.1, 0.15) is 16.9 Å². The molecule has 4 heterocycles. The van der Waals surface area contributed by atoms with E-state index in [1.165, 1.54) is 16.9 Å². The molecule has 0 atom stereocenters. The average Bonchev–Trinajstić information content (AvgIpc) is 3.37.